The summed E-state index contributed by atoms with van der Waals surface area (Å²) in [5, 5.41) is 6.96. The fraction of sp³-hybridized carbons (Fsp3) is 0.750. The molecule has 1 heterocycles. The van der Waals surface area contributed by atoms with Gasteiger partial charge in [0.05, 0.1) is 23.3 Å². The molecule has 0 saturated heterocycles. The molecule has 26 heavy (non-hydrogen) atoms. The van der Waals surface area contributed by atoms with E-state index in [1.165, 1.54) is 19.3 Å². The van der Waals surface area contributed by atoms with Gasteiger partial charge >= 0.3 is 0 Å². The van der Waals surface area contributed by atoms with Crippen LogP contribution in [0.1, 0.15) is 67.1 Å². The van der Waals surface area contributed by atoms with Crippen molar-refractivity contribution in [1.82, 2.24) is 15.6 Å². The zero-order chi connectivity index (χ0) is 18.5. The van der Waals surface area contributed by atoms with Crippen LogP contribution in [0, 0.1) is 37.0 Å². The number of aromatic nitrogens is 1. The number of hydrogen-bond acceptors (Lipinski definition) is 4. The minimum absolute atomic E-state index is 0.0712. The van der Waals surface area contributed by atoms with E-state index in [-0.39, 0.29) is 29.8 Å². The minimum Gasteiger partial charge on any atom is -0.347 e. The van der Waals surface area contributed by atoms with E-state index in [2.05, 4.69) is 15.6 Å². The Balaban J connectivity index is 1.32. The molecule has 4 aliphatic rings. The number of amides is 2. The van der Waals surface area contributed by atoms with Gasteiger partial charge in [0.15, 0.2) is 0 Å². The Morgan fingerprint density at radius 2 is 1.73 bits per heavy atom. The van der Waals surface area contributed by atoms with Gasteiger partial charge in [0, 0.05) is 10.3 Å². The molecule has 4 fully saturated rings. The second kappa shape index (κ2) is 6.63. The van der Waals surface area contributed by atoms with Crippen molar-refractivity contribution in [2.75, 3.05) is 6.54 Å². The Morgan fingerprint density at radius 1 is 1.15 bits per heavy atom. The van der Waals surface area contributed by atoms with Crippen LogP contribution in [0.5, 0.6) is 0 Å². The predicted octanol–water partition coefficient (Wildman–Crippen LogP) is 3.27. The Bertz CT molecular complexity index is 691. The van der Waals surface area contributed by atoms with Gasteiger partial charge in [-0.1, -0.05) is 0 Å². The molecular weight excluding hydrogens is 346 g/mol. The number of rotatable bonds is 5. The molecule has 2 N–H and O–H groups in total. The van der Waals surface area contributed by atoms with Crippen molar-refractivity contribution in [2.24, 2.45) is 23.2 Å². The fourth-order valence-electron chi connectivity index (χ4n) is 6.04. The molecule has 1 aromatic rings. The molecule has 6 heteroatoms. The first-order chi connectivity index (χ1) is 12.3. The van der Waals surface area contributed by atoms with Crippen molar-refractivity contribution >= 4 is 23.2 Å². The predicted molar refractivity (Wildman–Crippen MR) is 102 cm³/mol. The summed E-state index contributed by atoms with van der Waals surface area (Å²) in [6.45, 7) is 5.98. The van der Waals surface area contributed by atoms with E-state index < -0.39 is 0 Å². The molecule has 0 spiro atoms. The summed E-state index contributed by atoms with van der Waals surface area (Å²) >= 11 is 1.61. The van der Waals surface area contributed by atoms with Crippen LogP contribution in [0.4, 0.5) is 0 Å². The molecule has 4 aliphatic carbocycles. The van der Waals surface area contributed by atoms with Crippen LogP contribution in [0.15, 0.2) is 0 Å². The lowest BCUT2D eigenvalue weighted by atomic mass is 9.49. The topological polar surface area (TPSA) is 71.1 Å². The lowest BCUT2D eigenvalue weighted by molar-refractivity contribution is -0.147. The highest BCUT2D eigenvalue weighted by atomic mass is 32.1. The smallest absolute Gasteiger partial charge is 0.239 e. The third-order valence-electron chi connectivity index (χ3n) is 6.64. The summed E-state index contributed by atoms with van der Waals surface area (Å²) in [6, 6.07) is -0.0786. The third kappa shape index (κ3) is 3.28. The number of nitrogens with zero attached hydrogens (tertiary/aromatic N) is 1. The summed E-state index contributed by atoms with van der Waals surface area (Å²) in [5.41, 5.74) is 0.782. The molecule has 0 aromatic carbocycles. The van der Waals surface area contributed by atoms with Gasteiger partial charge in [-0.25, -0.2) is 4.98 Å². The molecule has 1 unspecified atom stereocenters. The van der Waals surface area contributed by atoms with Crippen LogP contribution < -0.4 is 10.6 Å². The average molecular weight is 376 g/mol. The minimum atomic E-state index is -0.188. The van der Waals surface area contributed by atoms with Gasteiger partial charge in [-0.2, -0.15) is 0 Å². The quantitative estimate of drug-likeness (QED) is 0.830. The van der Waals surface area contributed by atoms with Crippen LogP contribution >= 0.6 is 11.3 Å². The van der Waals surface area contributed by atoms with E-state index >= 15 is 0 Å². The first-order valence-electron chi connectivity index (χ1n) is 9.86. The molecule has 1 aromatic heterocycles. The molecule has 0 radical (unpaired) electrons. The summed E-state index contributed by atoms with van der Waals surface area (Å²) in [6.07, 6.45) is 7.04. The maximum Gasteiger partial charge on any atom is 0.239 e. The molecule has 4 saturated carbocycles. The summed E-state index contributed by atoms with van der Waals surface area (Å²) < 4.78 is 0. The maximum absolute atomic E-state index is 12.9. The average Bonchev–Trinajstić information content (AvgIpc) is 2.90. The lowest BCUT2D eigenvalue weighted by Crippen LogP contribution is -2.54. The Hall–Kier alpha value is -1.43. The van der Waals surface area contributed by atoms with E-state index in [1.807, 2.05) is 20.8 Å². The van der Waals surface area contributed by atoms with E-state index in [0.717, 1.165) is 52.6 Å². The molecule has 142 valence electrons. The van der Waals surface area contributed by atoms with Gasteiger partial charge in [0.2, 0.25) is 11.8 Å². The van der Waals surface area contributed by atoms with Crippen molar-refractivity contribution in [2.45, 2.75) is 65.3 Å². The summed E-state index contributed by atoms with van der Waals surface area (Å²) in [4.78, 5) is 30.8. The molecule has 5 rings (SSSR count). The van der Waals surface area contributed by atoms with Crippen molar-refractivity contribution < 1.29 is 9.59 Å². The highest BCUT2D eigenvalue weighted by Crippen LogP contribution is 2.60. The molecule has 2 amide bonds. The third-order valence-corrected chi connectivity index (χ3v) is 7.90. The zero-order valence-corrected chi connectivity index (χ0v) is 16.7. The molecule has 4 bridgehead atoms. The monoisotopic (exact) mass is 375 g/mol. The number of carbonyl (C=O) groups is 2. The van der Waals surface area contributed by atoms with Crippen molar-refractivity contribution in [3.63, 3.8) is 0 Å². The number of aryl methyl sites for hydroxylation is 2. The van der Waals surface area contributed by atoms with E-state index in [0.29, 0.717) is 0 Å². The highest BCUT2D eigenvalue weighted by Gasteiger charge is 2.54. The Labute approximate surface area is 159 Å². The van der Waals surface area contributed by atoms with Crippen molar-refractivity contribution in [3.8, 4) is 0 Å². The molecule has 1 atom stereocenters. The second-order valence-electron chi connectivity index (χ2n) is 8.85. The van der Waals surface area contributed by atoms with Crippen LogP contribution in [0.25, 0.3) is 0 Å². The summed E-state index contributed by atoms with van der Waals surface area (Å²) in [7, 11) is 0. The van der Waals surface area contributed by atoms with Crippen LogP contribution in [0.2, 0.25) is 0 Å². The van der Waals surface area contributed by atoms with Gasteiger partial charge in [0.25, 0.3) is 0 Å². The zero-order valence-electron chi connectivity index (χ0n) is 15.9. The van der Waals surface area contributed by atoms with E-state index in [9.17, 15) is 9.59 Å². The Morgan fingerprint density at radius 3 is 2.23 bits per heavy atom. The normalized spacial score (nSPS) is 33.1. The molecular formula is C20H29N3O2S. The maximum atomic E-state index is 12.9. The van der Waals surface area contributed by atoms with Crippen molar-refractivity contribution in [1.29, 1.82) is 0 Å². The molecule has 0 aliphatic heterocycles. The van der Waals surface area contributed by atoms with Crippen LogP contribution in [0.3, 0.4) is 0 Å². The molecule has 5 nitrogen and oxygen atoms in total. The van der Waals surface area contributed by atoms with Gasteiger partial charge in [-0.15, -0.1) is 11.3 Å². The van der Waals surface area contributed by atoms with Gasteiger partial charge in [0.1, 0.15) is 0 Å². The highest BCUT2D eigenvalue weighted by molar-refractivity contribution is 7.11. The number of nitrogens with one attached hydrogen (secondary N) is 2. The number of carbonyl (C=O) groups excluding carboxylic acids is 2. The van der Waals surface area contributed by atoms with Crippen molar-refractivity contribution in [3.05, 3.63) is 15.6 Å². The standard InChI is InChI=1S/C20H29N3O2S/c1-11-18(26-13(3)22-11)12(2)23-17(24)10-21-19(25)20-7-14-4-15(8-20)6-16(5-14)9-20/h12,14-16H,4-10H2,1-3H3,(H,21,25)(H,23,24). The van der Waals surface area contributed by atoms with Gasteiger partial charge < -0.3 is 10.6 Å². The first-order valence-corrected chi connectivity index (χ1v) is 10.7. The lowest BCUT2D eigenvalue weighted by Gasteiger charge is -2.55. The number of hydrogen-bond donors (Lipinski definition) is 2. The van der Waals surface area contributed by atoms with E-state index in [4.69, 9.17) is 0 Å². The Kier molecular flexibility index (Phi) is 4.58. The fourth-order valence-corrected chi connectivity index (χ4v) is 6.97. The second-order valence-corrected chi connectivity index (χ2v) is 10.1. The first kappa shape index (κ1) is 18.0. The van der Waals surface area contributed by atoms with Gasteiger partial charge in [-0.05, 0) is 77.0 Å². The SMILES string of the molecule is Cc1nc(C)c(C(C)NC(=O)CNC(=O)C23CC4CC(CC(C4)C2)C3)s1. The van der Waals surface area contributed by atoms with Crippen LogP contribution in [-0.2, 0) is 9.59 Å². The number of thiazole rings is 1. The van der Waals surface area contributed by atoms with Crippen LogP contribution in [-0.4, -0.2) is 23.3 Å². The largest absolute Gasteiger partial charge is 0.347 e. The van der Waals surface area contributed by atoms with E-state index in [1.54, 1.807) is 11.3 Å². The van der Waals surface area contributed by atoms with Gasteiger partial charge in [-0.3, -0.25) is 9.59 Å². The summed E-state index contributed by atoms with van der Waals surface area (Å²) in [5.74, 6) is 2.19.